The smallest absolute Gasteiger partial charge is 0.133 e. The average molecular weight is 294 g/mol. The zero-order chi connectivity index (χ0) is 13.8. The van der Waals surface area contributed by atoms with Crippen LogP contribution in [0.3, 0.4) is 0 Å². The van der Waals surface area contributed by atoms with Crippen LogP contribution >= 0.6 is 23.4 Å². The third kappa shape index (κ3) is 3.39. The van der Waals surface area contributed by atoms with Gasteiger partial charge < -0.3 is 5.32 Å². The maximum atomic E-state index is 5.90. The van der Waals surface area contributed by atoms with Gasteiger partial charge in [0.25, 0.3) is 0 Å². The summed E-state index contributed by atoms with van der Waals surface area (Å²) in [5.41, 5.74) is 1.14. The van der Waals surface area contributed by atoms with Crippen molar-refractivity contribution in [1.29, 1.82) is 0 Å². The van der Waals surface area contributed by atoms with Crippen LogP contribution in [0.1, 0.15) is 25.3 Å². The molecule has 19 heavy (non-hydrogen) atoms. The summed E-state index contributed by atoms with van der Waals surface area (Å²) in [5, 5.41) is 4.85. The molecule has 0 amide bonds. The van der Waals surface area contributed by atoms with Gasteiger partial charge in [0, 0.05) is 22.5 Å². The first-order chi connectivity index (χ1) is 9.11. The Bertz CT molecular complexity index is 555. The second-order valence-electron chi connectivity index (χ2n) is 4.40. The van der Waals surface area contributed by atoms with E-state index in [9.17, 15) is 0 Å². The zero-order valence-corrected chi connectivity index (χ0v) is 12.7. The molecule has 0 atom stereocenters. The van der Waals surface area contributed by atoms with Crippen molar-refractivity contribution in [3.05, 3.63) is 41.2 Å². The molecule has 0 aliphatic carbocycles. The summed E-state index contributed by atoms with van der Waals surface area (Å²) in [5.74, 6) is 1.25. The quantitative estimate of drug-likeness (QED) is 0.845. The lowest BCUT2D eigenvalue weighted by Crippen LogP contribution is -2.03. The molecular formula is C14H16ClN3S. The Labute approximate surface area is 122 Å². The molecule has 5 heteroatoms. The fourth-order valence-corrected chi connectivity index (χ4v) is 2.96. The Hall–Kier alpha value is -1.26. The Morgan fingerprint density at radius 1 is 1.16 bits per heavy atom. The van der Waals surface area contributed by atoms with Crippen molar-refractivity contribution >= 4 is 29.2 Å². The van der Waals surface area contributed by atoms with Gasteiger partial charge in [0.2, 0.25) is 0 Å². The fourth-order valence-electron chi connectivity index (χ4n) is 1.79. The van der Waals surface area contributed by atoms with Crippen molar-refractivity contribution in [3.63, 3.8) is 0 Å². The van der Waals surface area contributed by atoms with Gasteiger partial charge in [-0.05, 0) is 30.2 Å². The number of hydrogen-bond donors (Lipinski definition) is 1. The molecule has 0 saturated carbocycles. The first kappa shape index (κ1) is 14.2. The highest BCUT2D eigenvalue weighted by molar-refractivity contribution is 7.99. The number of benzene rings is 1. The van der Waals surface area contributed by atoms with Crippen LogP contribution in [0.5, 0.6) is 0 Å². The van der Waals surface area contributed by atoms with Gasteiger partial charge in [-0.15, -0.1) is 0 Å². The van der Waals surface area contributed by atoms with Crippen molar-refractivity contribution in [2.45, 2.75) is 29.7 Å². The number of rotatable bonds is 4. The van der Waals surface area contributed by atoms with Crippen LogP contribution in [0.4, 0.5) is 5.82 Å². The molecule has 0 aliphatic rings. The summed E-state index contributed by atoms with van der Waals surface area (Å²) in [6.45, 7) is 4.29. The third-order valence-corrected chi connectivity index (χ3v) is 3.97. The van der Waals surface area contributed by atoms with Crippen molar-refractivity contribution < 1.29 is 0 Å². The molecule has 1 heterocycles. The maximum absolute atomic E-state index is 5.90. The molecule has 0 aliphatic heterocycles. The minimum atomic E-state index is 0.360. The van der Waals surface area contributed by atoms with Crippen molar-refractivity contribution in [2.24, 2.45) is 0 Å². The molecule has 0 radical (unpaired) electrons. The fraction of sp³-hybridized carbons (Fsp3) is 0.286. The number of anilines is 1. The first-order valence-corrected chi connectivity index (χ1v) is 7.27. The van der Waals surface area contributed by atoms with Crippen LogP contribution in [0.25, 0.3) is 0 Å². The average Bonchev–Trinajstić information content (AvgIpc) is 2.40. The second kappa shape index (κ2) is 6.26. The van der Waals surface area contributed by atoms with Crippen LogP contribution in [0.15, 0.2) is 40.5 Å². The summed E-state index contributed by atoms with van der Waals surface area (Å²) in [6.07, 6.45) is 1.59. The van der Waals surface area contributed by atoms with Gasteiger partial charge in [-0.3, -0.25) is 0 Å². The molecule has 0 spiro atoms. The summed E-state index contributed by atoms with van der Waals surface area (Å²) >= 11 is 7.53. The predicted molar refractivity (Wildman–Crippen MR) is 81.2 cm³/mol. The van der Waals surface area contributed by atoms with E-state index < -0.39 is 0 Å². The van der Waals surface area contributed by atoms with E-state index in [-0.39, 0.29) is 0 Å². The molecule has 0 saturated heterocycles. The minimum absolute atomic E-state index is 0.360. The molecule has 1 aromatic heterocycles. The van der Waals surface area contributed by atoms with Gasteiger partial charge in [0.15, 0.2) is 0 Å². The maximum Gasteiger partial charge on any atom is 0.133 e. The molecule has 1 N–H and O–H groups in total. The monoisotopic (exact) mass is 293 g/mol. The van der Waals surface area contributed by atoms with Crippen LogP contribution < -0.4 is 5.32 Å². The largest absolute Gasteiger partial charge is 0.373 e. The number of aromatic nitrogens is 2. The summed E-state index contributed by atoms with van der Waals surface area (Å²) in [4.78, 5) is 9.80. The van der Waals surface area contributed by atoms with E-state index in [0.29, 0.717) is 5.92 Å². The van der Waals surface area contributed by atoms with Crippen molar-refractivity contribution in [3.8, 4) is 0 Å². The normalized spacial score (nSPS) is 10.8. The van der Waals surface area contributed by atoms with Gasteiger partial charge in [0.05, 0.1) is 0 Å². The Balaban J connectivity index is 2.36. The highest BCUT2D eigenvalue weighted by Gasteiger charge is 2.15. The highest BCUT2D eigenvalue weighted by atomic mass is 35.5. The van der Waals surface area contributed by atoms with Gasteiger partial charge in [-0.25, -0.2) is 9.97 Å². The predicted octanol–water partition coefficient (Wildman–Crippen LogP) is 4.45. The molecule has 1 aromatic carbocycles. The first-order valence-electron chi connectivity index (χ1n) is 6.08. The lowest BCUT2D eigenvalue weighted by atomic mass is 10.1. The lowest BCUT2D eigenvalue weighted by molar-refractivity contribution is 0.806. The molecule has 0 fully saturated rings. The molecular weight excluding hydrogens is 278 g/mol. The van der Waals surface area contributed by atoms with E-state index in [1.54, 1.807) is 18.1 Å². The van der Waals surface area contributed by atoms with Crippen LogP contribution in [0, 0.1) is 0 Å². The topological polar surface area (TPSA) is 37.8 Å². The molecule has 3 nitrogen and oxygen atoms in total. The molecule has 2 aromatic rings. The molecule has 0 bridgehead atoms. The number of nitrogens with zero attached hydrogens (tertiary/aromatic N) is 2. The van der Waals surface area contributed by atoms with E-state index in [1.165, 1.54) is 0 Å². The van der Waals surface area contributed by atoms with E-state index in [0.717, 1.165) is 26.3 Å². The standard InChI is InChI=1S/C14H16ClN3S/c1-9(2)12-13(16-3)17-8-18-14(12)19-11-6-4-10(15)5-7-11/h4-9H,1-3H3,(H,16,17,18). The van der Waals surface area contributed by atoms with Gasteiger partial charge in [0.1, 0.15) is 17.2 Å². The molecule has 100 valence electrons. The summed E-state index contributed by atoms with van der Waals surface area (Å²) in [6, 6.07) is 7.77. The van der Waals surface area contributed by atoms with Gasteiger partial charge in [-0.2, -0.15) is 0 Å². The van der Waals surface area contributed by atoms with Crippen LogP contribution in [-0.4, -0.2) is 17.0 Å². The van der Waals surface area contributed by atoms with Crippen molar-refractivity contribution in [1.82, 2.24) is 9.97 Å². The highest BCUT2D eigenvalue weighted by Crippen LogP contribution is 2.35. The van der Waals surface area contributed by atoms with Crippen molar-refractivity contribution in [2.75, 3.05) is 12.4 Å². The Kier molecular flexibility index (Phi) is 4.66. The van der Waals surface area contributed by atoms with Crippen LogP contribution in [-0.2, 0) is 0 Å². The van der Waals surface area contributed by atoms with E-state index in [1.807, 2.05) is 31.3 Å². The molecule has 0 unspecified atom stereocenters. The Morgan fingerprint density at radius 2 is 1.84 bits per heavy atom. The van der Waals surface area contributed by atoms with Gasteiger partial charge in [-0.1, -0.05) is 37.2 Å². The zero-order valence-electron chi connectivity index (χ0n) is 11.1. The van der Waals surface area contributed by atoms with E-state index >= 15 is 0 Å². The summed E-state index contributed by atoms with van der Waals surface area (Å²) < 4.78 is 0. The van der Waals surface area contributed by atoms with Gasteiger partial charge >= 0.3 is 0 Å². The van der Waals surface area contributed by atoms with E-state index in [4.69, 9.17) is 11.6 Å². The number of hydrogen-bond acceptors (Lipinski definition) is 4. The SMILES string of the molecule is CNc1ncnc(Sc2ccc(Cl)cc2)c1C(C)C. The number of halogens is 1. The molecule has 2 rings (SSSR count). The third-order valence-electron chi connectivity index (χ3n) is 2.69. The lowest BCUT2D eigenvalue weighted by Gasteiger charge is -2.14. The van der Waals surface area contributed by atoms with Crippen LogP contribution in [0.2, 0.25) is 5.02 Å². The second-order valence-corrected chi connectivity index (χ2v) is 5.90. The minimum Gasteiger partial charge on any atom is -0.373 e. The summed E-state index contributed by atoms with van der Waals surface area (Å²) in [7, 11) is 1.88. The number of nitrogens with one attached hydrogen (secondary N) is 1. The Morgan fingerprint density at radius 3 is 2.42 bits per heavy atom. The van der Waals surface area contributed by atoms with E-state index in [2.05, 4.69) is 29.1 Å².